The van der Waals surface area contributed by atoms with Gasteiger partial charge in [-0.1, -0.05) is 12.1 Å². The van der Waals surface area contributed by atoms with Crippen LogP contribution in [-0.4, -0.2) is 44.2 Å². The van der Waals surface area contributed by atoms with Gasteiger partial charge >= 0.3 is 0 Å². The van der Waals surface area contributed by atoms with Crippen molar-refractivity contribution in [1.82, 2.24) is 9.62 Å². The lowest BCUT2D eigenvalue weighted by molar-refractivity contribution is -0.123. The maximum atomic E-state index is 13.0. The molecular formula is C20H24FN3O4S2. The van der Waals surface area contributed by atoms with E-state index in [9.17, 15) is 22.4 Å². The van der Waals surface area contributed by atoms with Crippen molar-refractivity contribution in [3.8, 4) is 0 Å². The maximum absolute atomic E-state index is 13.0. The van der Waals surface area contributed by atoms with Crippen LogP contribution in [0.1, 0.15) is 23.3 Å². The molecule has 1 aromatic heterocycles. The Balaban J connectivity index is 1.55. The second-order valence-electron chi connectivity index (χ2n) is 7.24. The quantitative estimate of drug-likeness (QED) is 0.602. The van der Waals surface area contributed by atoms with Gasteiger partial charge < -0.3 is 11.1 Å². The van der Waals surface area contributed by atoms with Gasteiger partial charge in [-0.3, -0.25) is 9.59 Å². The molecule has 1 fully saturated rings. The summed E-state index contributed by atoms with van der Waals surface area (Å²) in [5.41, 5.74) is 6.17. The van der Waals surface area contributed by atoms with Crippen LogP contribution in [0.15, 0.2) is 40.6 Å². The molecule has 1 aliphatic rings. The Morgan fingerprint density at radius 2 is 1.80 bits per heavy atom. The maximum Gasteiger partial charge on any atom is 0.252 e. The zero-order chi connectivity index (χ0) is 21.7. The van der Waals surface area contributed by atoms with E-state index in [-0.39, 0.29) is 35.3 Å². The first-order chi connectivity index (χ1) is 14.3. The number of carbonyl (C=O) groups is 2. The number of benzene rings is 1. The third-order valence-electron chi connectivity index (χ3n) is 4.97. The van der Waals surface area contributed by atoms with E-state index in [1.807, 2.05) is 0 Å². The molecule has 2 amide bonds. The molecule has 1 unspecified atom stereocenters. The molecule has 1 saturated heterocycles. The van der Waals surface area contributed by atoms with Gasteiger partial charge in [0, 0.05) is 24.5 Å². The van der Waals surface area contributed by atoms with Crippen LogP contribution in [0.5, 0.6) is 0 Å². The van der Waals surface area contributed by atoms with Gasteiger partial charge in [-0.05, 0) is 49.1 Å². The van der Waals surface area contributed by atoms with Gasteiger partial charge in [-0.2, -0.15) is 4.31 Å². The van der Waals surface area contributed by atoms with Crippen molar-refractivity contribution in [2.45, 2.75) is 29.9 Å². The Labute approximate surface area is 179 Å². The molecule has 1 aromatic carbocycles. The van der Waals surface area contributed by atoms with Crippen LogP contribution < -0.4 is 11.1 Å². The summed E-state index contributed by atoms with van der Waals surface area (Å²) in [6.07, 6.45) is 2.02. The Morgan fingerprint density at radius 1 is 1.13 bits per heavy atom. The van der Waals surface area contributed by atoms with Crippen LogP contribution >= 0.6 is 11.3 Å². The number of carbonyl (C=O) groups excluding carboxylic acids is 2. The number of hydrogen-bond donors (Lipinski definition) is 2. The van der Waals surface area contributed by atoms with E-state index in [1.54, 1.807) is 18.2 Å². The predicted molar refractivity (Wildman–Crippen MR) is 112 cm³/mol. The van der Waals surface area contributed by atoms with Crippen LogP contribution in [0, 0.1) is 11.7 Å². The van der Waals surface area contributed by atoms with Crippen LogP contribution in [0.4, 0.5) is 4.39 Å². The van der Waals surface area contributed by atoms with Crippen molar-refractivity contribution >= 4 is 33.2 Å². The second kappa shape index (κ2) is 9.67. The van der Waals surface area contributed by atoms with E-state index in [1.165, 1.54) is 22.5 Å². The zero-order valence-electron chi connectivity index (χ0n) is 16.3. The summed E-state index contributed by atoms with van der Waals surface area (Å²) in [5.74, 6) is -1.89. The molecule has 162 valence electrons. The summed E-state index contributed by atoms with van der Waals surface area (Å²) in [6.45, 7) is 1.10. The average molecular weight is 454 g/mol. The van der Waals surface area contributed by atoms with Crippen molar-refractivity contribution < 1.29 is 22.4 Å². The van der Waals surface area contributed by atoms with Crippen LogP contribution in [-0.2, 0) is 32.5 Å². The highest BCUT2D eigenvalue weighted by Crippen LogP contribution is 2.27. The van der Waals surface area contributed by atoms with Gasteiger partial charge in [0.1, 0.15) is 10.0 Å². The van der Waals surface area contributed by atoms with Gasteiger partial charge in [-0.25, -0.2) is 12.8 Å². The number of amides is 2. The minimum absolute atomic E-state index is 0.0161. The first-order valence-corrected chi connectivity index (χ1v) is 11.9. The molecule has 1 atom stereocenters. The smallest absolute Gasteiger partial charge is 0.252 e. The molecular weight excluding hydrogens is 429 g/mol. The number of hydrogen-bond acceptors (Lipinski definition) is 5. The number of thiophene rings is 1. The van der Waals surface area contributed by atoms with E-state index in [4.69, 9.17) is 5.73 Å². The highest BCUT2D eigenvalue weighted by Gasteiger charge is 2.28. The molecule has 0 aliphatic carbocycles. The second-order valence-corrected chi connectivity index (χ2v) is 10.6. The molecule has 0 spiro atoms. The highest BCUT2D eigenvalue weighted by atomic mass is 32.2. The molecule has 3 rings (SSSR count). The molecule has 30 heavy (non-hydrogen) atoms. The standard InChI is InChI=1S/C20H24FN3O4S2/c21-16-5-3-14(4-6-16)11-15(20(22)26)13-23-18(25)12-17-7-8-19(29-17)30(27,28)24-9-1-2-10-24/h3-8,15H,1-2,9-13H2,(H2,22,26)(H,23,25). The normalized spacial score (nSPS) is 15.8. The molecule has 0 saturated carbocycles. The van der Waals surface area contributed by atoms with Gasteiger partial charge in [-0.15, -0.1) is 11.3 Å². The van der Waals surface area contributed by atoms with E-state index >= 15 is 0 Å². The minimum Gasteiger partial charge on any atom is -0.369 e. The number of sulfonamides is 1. The molecule has 1 aliphatic heterocycles. The topological polar surface area (TPSA) is 110 Å². The third kappa shape index (κ3) is 5.65. The summed E-state index contributed by atoms with van der Waals surface area (Å²) in [4.78, 5) is 24.6. The van der Waals surface area contributed by atoms with Crippen molar-refractivity contribution in [2.75, 3.05) is 19.6 Å². The van der Waals surface area contributed by atoms with Crippen LogP contribution in [0.3, 0.4) is 0 Å². The van der Waals surface area contributed by atoms with Gasteiger partial charge in [0.25, 0.3) is 10.0 Å². The molecule has 10 heteroatoms. The first-order valence-electron chi connectivity index (χ1n) is 9.65. The molecule has 2 aromatic rings. The number of nitrogens with one attached hydrogen (secondary N) is 1. The molecule has 0 bridgehead atoms. The number of rotatable bonds is 9. The highest BCUT2D eigenvalue weighted by molar-refractivity contribution is 7.91. The van der Waals surface area contributed by atoms with Crippen molar-refractivity contribution in [1.29, 1.82) is 0 Å². The largest absolute Gasteiger partial charge is 0.369 e. The first kappa shape index (κ1) is 22.4. The van der Waals surface area contributed by atoms with Gasteiger partial charge in [0.15, 0.2) is 0 Å². The summed E-state index contributed by atoms with van der Waals surface area (Å²) in [5, 5.41) is 2.68. The van der Waals surface area contributed by atoms with Gasteiger partial charge in [0.2, 0.25) is 11.8 Å². The van der Waals surface area contributed by atoms with E-state index in [2.05, 4.69) is 5.32 Å². The molecule has 2 heterocycles. The molecule has 3 N–H and O–H groups in total. The zero-order valence-corrected chi connectivity index (χ0v) is 18.0. The fourth-order valence-electron chi connectivity index (χ4n) is 3.28. The Kier molecular flexibility index (Phi) is 7.22. The monoisotopic (exact) mass is 453 g/mol. The number of nitrogens with two attached hydrogens (primary N) is 1. The molecule has 7 nitrogen and oxygen atoms in total. The van der Waals surface area contributed by atoms with Crippen molar-refractivity contribution in [3.63, 3.8) is 0 Å². The summed E-state index contributed by atoms with van der Waals surface area (Å²) >= 11 is 1.08. The van der Waals surface area contributed by atoms with Crippen molar-refractivity contribution in [3.05, 3.63) is 52.7 Å². The fourth-order valence-corrected chi connectivity index (χ4v) is 6.31. The number of nitrogens with zero attached hydrogens (tertiary/aromatic N) is 1. The average Bonchev–Trinajstić information content (AvgIpc) is 3.39. The lowest BCUT2D eigenvalue weighted by Crippen LogP contribution is -2.37. The van der Waals surface area contributed by atoms with Crippen molar-refractivity contribution in [2.24, 2.45) is 11.7 Å². The van der Waals surface area contributed by atoms with Crippen LogP contribution in [0.25, 0.3) is 0 Å². The summed E-state index contributed by atoms with van der Waals surface area (Å²) in [6, 6.07) is 8.91. The van der Waals surface area contributed by atoms with Gasteiger partial charge in [0.05, 0.1) is 12.3 Å². The lowest BCUT2D eigenvalue weighted by Gasteiger charge is -2.14. The predicted octanol–water partition coefficient (Wildman–Crippen LogP) is 1.67. The van der Waals surface area contributed by atoms with E-state index < -0.39 is 21.8 Å². The summed E-state index contributed by atoms with van der Waals surface area (Å²) < 4.78 is 39.9. The lowest BCUT2D eigenvalue weighted by atomic mass is 9.98. The number of primary amides is 1. The minimum atomic E-state index is -3.50. The fraction of sp³-hybridized carbons (Fsp3) is 0.400. The Hall–Kier alpha value is -2.30. The molecule has 0 radical (unpaired) electrons. The van der Waals surface area contributed by atoms with E-state index in [0.717, 1.165) is 29.7 Å². The number of halogens is 1. The van der Waals surface area contributed by atoms with E-state index in [0.29, 0.717) is 18.0 Å². The Morgan fingerprint density at radius 3 is 2.43 bits per heavy atom. The SMILES string of the molecule is NC(=O)C(CNC(=O)Cc1ccc(S(=O)(=O)N2CCCC2)s1)Cc1ccc(F)cc1. The summed E-state index contributed by atoms with van der Waals surface area (Å²) in [7, 11) is -3.50. The van der Waals surface area contributed by atoms with Crippen LogP contribution in [0.2, 0.25) is 0 Å². The third-order valence-corrected chi connectivity index (χ3v) is 8.43. The Bertz CT molecular complexity index is 999.